The Morgan fingerprint density at radius 3 is 2.96 bits per heavy atom. The van der Waals surface area contributed by atoms with Crippen molar-refractivity contribution in [3.63, 3.8) is 0 Å². The average Bonchev–Trinajstić information content (AvgIpc) is 3.19. The summed E-state index contributed by atoms with van der Waals surface area (Å²) in [4.78, 5) is 16.7. The van der Waals surface area contributed by atoms with Crippen LogP contribution in [0.4, 0.5) is 5.69 Å². The van der Waals surface area contributed by atoms with Crippen molar-refractivity contribution in [3.8, 4) is 11.5 Å². The molecule has 1 aliphatic rings. The van der Waals surface area contributed by atoms with E-state index >= 15 is 0 Å². The summed E-state index contributed by atoms with van der Waals surface area (Å²) < 4.78 is 16.2. The summed E-state index contributed by atoms with van der Waals surface area (Å²) in [6, 6.07) is 10.5. The van der Waals surface area contributed by atoms with Crippen molar-refractivity contribution in [2.45, 2.75) is 17.4 Å². The number of anilines is 1. The Bertz CT molecular complexity index is 959. The number of rotatable bonds is 4. The zero-order chi connectivity index (χ0) is 17.4. The summed E-state index contributed by atoms with van der Waals surface area (Å²) in [6.45, 7) is 1.98. The van der Waals surface area contributed by atoms with Crippen molar-refractivity contribution < 1.29 is 18.7 Å². The molecule has 25 heavy (non-hydrogen) atoms. The van der Waals surface area contributed by atoms with E-state index in [9.17, 15) is 4.79 Å². The first-order chi connectivity index (χ1) is 12.1. The van der Waals surface area contributed by atoms with Crippen LogP contribution in [0, 0.1) is 0 Å². The molecule has 1 atom stereocenters. The maximum atomic E-state index is 12.4. The number of oxazole rings is 1. The van der Waals surface area contributed by atoms with Gasteiger partial charge in [0.15, 0.2) is 17.1 Å². The Morgan fingerprint density at radius 2 is 2.08 bits per heavy atom. The second-order valence-corrected chi connectivity index (χ2v) is 7.14. The minimum Gasteiger partial charge on any atom is -0.454 e. The van der Waals surface area contributed by atoms with Crippen LogP contribution in [0.5, 0.6) is 11.5 Å². The van der Waals surface area contributed by atoms with Gasteiger partial charge in [0, 0.05) is 16.8 Å². The van der Waals surface area contributed by atoms with Crippen LogP contribution in [-0.4, -0.2) is 22.9 Å². The van der Waals surface area contributed by atoms with Crippen LogP contribution in [0.3, 0.4) is 0 Å². The molecule has 3 aromatic rings. The van der Waals surface area contributed by atoms with E-state index in [1.165, 1.54) is 11.8 Å². The van der Waals surface area contributed by atoms with E-state index in [-0.39, 0.29) is 12.7 Å². The third kappa shape index (κ3) is 3.38. The first-order valence-electron chi connectivity index (χ1n) is 7.52. The fraction of sp³-hybridized carbons (Fsp3) is 0.176. The van der Waals surface area contributed by atoms with E-state index in [4.69, 9.17) is 25.5 Å². The summed E-state index contributed by atoms with van der Waals surface area (Å²) in [6.07, 6.45) is 0. The van der Waals surface area contributed by atoms with Gasteiger partial charge in [0.1, 0.15) is 5.52 Å². The number of fused-ring (bicyclic) bond motifs is 2. The molecule has 4 rings (SSSR count). The van der Waals surface area contributed by atoms with Gasteiger partial charge in [-0.05, 0) is 37.3 Å². The number of benzene rings is 2. The first kappa shape index (κ1) is 16.1. The third-order valence-corrected chi connectivity index (χ3v) is 4.80. The van der Waals surface area contributed by atoms with E-state index in [0.29, 0.717) is 38.5 Å². The van der Waals surface area contributed by atoms with Crippen molar-refractivity contribution in [1.29, 1.82) is 0 Å². The van der Waals surface area contributed by atoms with Crippen LogP contribution < -0.4 is 14.8 Å². The predicted octanol–water partition coefficient (Wildman–Crippen LogP) is 4.33. The van der Waals surface area contributed by atoms with E-state index in [1.54, 1.807) is 43.3 Å². The molecule has 0 fully saturated rings. The number of thioether (sulfide) groups is 1. The van der Waals surface area contributed by atoms with Crippen molar-refractivity contribution in [3.05, 3.63) is 41.4 Å². The monoisotopic (exact) mass is 376 g/mol. The molecule has 1 amide bonds. The zero-order valence-electron chi connectivity index (χ0n) is 13.1. The lowest BCUT2D eigenvalue weighted by Crippen LogP contribution is -2.22. The zero-order valence-corrected chi connectivity index (χ0v) is 14.7. The molecule has 1 aromatic heterocycles. The van der Waals surface area contributed by atoms with Gasteiger partial charge in [0.2, 0.25) is 12.7 Å². The lowest BCUT2D eigenvalue weighted by Gasteiger charge is -2.10. The van der Waals surface area contributed by atoms with Crippen molar-refractivity contribution >= 4 is 46.1 Å². The van der Waals surface area contributed by atoms with Gasteiger partial charge >= 0.3 is 0 Å². The highest BCUT2D eigenvalue weighted by Gasteiger charge is 2.20. The Hall–Kier alpha value is -2.38. The number of aromatic nitrogens is 1. The van der Waals surface area contributed by atoms with Crippen LogP contribution in [0.15, 0.2) is 46.0 Å². The molecule has 128 valence electrons. The predicted molar refractivity (Wildman–Crippen MR) is 95.5 cm³/mol. The number of nitrogens with zero attached hydrogens (tertiary/aromatic N) is 1. The Morgan fingerprint density at radius 1 is 1.24 bits per heavy atom. The standard InChI is InChI=1S/C17H13ClN2O4S/c1-9(25-17-20-12-6-10(18)2-4-13(12)24-17)16(21)19-11-3-5-14-15(7-11)23-8-22-14/h2-7,9H,8H2,1H3,(H,19,21). The highest BCUT2D eigenvalue weighted by molar-refractivity contribution is 8.00. The lowest BCUT2D eigenvalue weighted by molar-refractivity contribution is -0.115. The Kier molecular flexibility index (Phi) is 4.19. The molecule has 0 saturated carbocycles. The number of hydrogen-bond acceptors (Lipinski definition) is 6. The molecule has 2 aromatic carbocycles. The highest BCUT2D eigenvalue weighted by Crippen LogP contribution is 2.34. The van der Waals surface area contributed by atoms with E-state index < -0.39 is 5.25 Å². The lowest BCUT2D eigenvalue weighted by atomic mass is 10.2. The van der Waals surface area contributed by atoms with Crippen LogP contribution in [-0.2, 0) is 4.79 Å². The maximum absolute atomic E-state index is 12.4. The van der Waals surface area contributed by atoms with Crippen molar-refractivity contribution in [2.75, 3.05) is 12.1 Å². The fourth-order valence-corrected chi connectivity index (χ4v) is 3.28. The van der Waals surface area contributed by atoms with Gasteiger partial charge < -0.3 is 19.2 Å². The summed E-state index contributed by atoms with van der Waals surface area (Å²) in [5.41, 5.74) is 1.94. The molecular weight excluding hydrogens is 364 g/mol. The second kappa shape index (κ2) is 6.50. The average molecular weight is 377 g/mol. The first-order valence-corrected chi connectivity index (χ1v) is 8.77. The van der Waals surface area contributed by atoms with Gasteiger partial charge in [-0.1, -0.05) is 23.4 Å². The van der Waals surface area contributed by atoms with E-state index in [0.717, 1.165) is 0 Å². The molecule has 1 aliphatic heterocycles. The van der Waals surface area contributed by atoms with E-state index in [1.807, 2.05) is 0 Å². The van der Waals surface area contributed by atoms with E-state index in [2.05, 4.69) is 10.3 Å². The fourth-order valence-electron chi connectivity index (χ4n) is 2.35. The molecule has 1 unspecified atom stereocenters. The number of nitrogens with one attached hydrogen (secondary N) is 1. The summed E-state index contributed by atoms with van der Waals surface area (Å²) in [7, 11) is 0. The van der Waals surface area contributed by atoms with Gasteiger partial charge in [-0.3, -0.25) is 4.79 Å². The van der Waals surface area contributed by atoms with Crippen LogP contribution in [0.1, 0.15) is 6.92 Å². The van der Waals surface area contributed by atoms with Gasteiger partial charge in [-0.2, -0.15) is 0 Å². The molecule has 1 N–H and O–H groups in total. The highest BCUT2D eigenvalue weighted by atomic mass is 35.5. The normalized spacial score (nSPS) is 13.8. The number of hydrogen-bond donors (Lipinski definition) is 1. The SMILES string of the molecule is CC(Sc1nc2cc(Cl)ccc2o1)C(=O)Nc1ccc2c(c1)OCO2. The maximum Gasteiger partial charge on any atom is 0.257 e. The molecule has 0 spiro atoms. The quantitative estimate of drug-likeness (QED) is 0.683. The summed E-state index contributed by atoms with van der Waals surface area (Å²) >= 11 is 7.18. The van der Waals surface area contributed by atoms with Gasteiger partial charge in [-0.15, -0.1) is 0 Å². The molecule has 0 radical (unpaired) electrons. The van der Waals surface area contributed by atoms with Gasteiger partial charge in [-0.25, -0.2) is 4.98 Å². The molecule has 0 bridgehead atoms. The number of halogens is 1. The topological polar surface area (TPSA) is 73.6 Å². The van der Waals surface area contributed by atoms with Crippen molar-refractivity contribution in [2.24, 2.45) is 0 Å². The summed E-state index contributed by atoms with van der Waals surface area (Å²) in [5.74, 6) is 1.13. The minimum absolute atomic E-state index is 0.163. The second-order valence-electron chi connectivity index (χ2n) is 5.41. The van der Waals surface area contributed by atoms with Crippen LogP contribution in [0.25, 0.3) is 11.1 Å². The molecule has 0 aliphatic carbocycles. The van der Waals surface area contributed by atoms with Crippen LogP contribution in [0.2, 0.25) is 5.02 Å². The van der Waals surface area contributed by atoms with Gasteiger partial charge in [0.05, 0.1) is 5.25 Å². The Labute approximate surface area is 152 Å². The minimum atomic E-state index is -0.394. The number of ether oxygens (including phenoxy) is 2. The molecular formula is C17H13ClN2O4S. The number of carbonyl (C=O) groups excluding carboxylic acids is 1. The summed E-state index contributed by atoms with van der Waals surface area (Å²) in [5, 5.41) is 3.46. The smallest absolute Gasteiger partial charge is 0.257 e. The molecule has 2 heterocycles. The molecule has 0 saturated heterocycles. The van der Waals surface area contributed by atoms with Crippen LogP contribution >= 0.6 is 23.4 Å². The number of carbonyl (C=O) groups is 1. The number of amides is 1. The molecule has 6 nitrogen and oxygen atoms in total. The largest absolute Gasteiger partial charge is 0.454 e. The van der Waals surface area contributed by atoms with Crippen molar-refractivity contribution in [1.82, 2.24) is 4.98 Å². The van der Waals surface area contributed by atoms with Gasteiger partial charge in [0.25, 0.3) is 5.22 Å². The molecule has 8 heteroatoms. The Balaban J connectivity index is 1.44. The third-order valence-electron chi connectivity index (χ3n) is 3.62.